The van der Waals surface area contributed by atoms with Crippen molar-refractivity contribution in [2.24, 2.45) is 5.92 Å². The van der Waals surface area contributed by atoms with E-state index in [1.807, 2.05) is 18.2 Å². The molecular formula is C14H13N3O3. The summed E-state index contributed by atoms with van der Waals surface area (Å²) in [6.07, 6.45) is 1.89. The zero-order valence-corrected chi connectivity index (χ0v) is 10.7. The van der Waals surface area contributed by atoms with Crippen LogP contribution in [0.15, 0.2) is 39.9 Å². The lowest BCUT2D eigenvalue weighted by molar-refractivity contribution is -0.0717. The van der Waals surface area contributed by atoms with Crippen molar-refractivity contribution in [1.82, 2.24) is 13.9 Å². The van der Waals surface area contributed by atoms with Crippen molar-refractivity contribution in [1.29, 1.82) is 0 Å². The topological polar surface area (TPSA) is 58.2 Å². The molecule has 2 aromatic rings. The molecule has 2 fully saturated rings. The largest absolute Gasteiger partial charge is 0.354 e. The number of ether oxygens (including phenoxy) is 1. The SMILES string of the molecule is O=c1n(-c2ccccc2)c(=O)n2n1[C@@H]1[C@H]3CC[C@@H]1O[C@H]32. The van der Waals surface area contributed by atoms with Gasteiger partial charge in [-0.3, -0.25) is 0 Å². The van der Waals surface area contributed by atoms with Crippen LogP contribution in [-0.2, 0) is 4.74 Å². The van der Waals surface area contributed by atoms with E-state index in [1.54, 1.807) is 16.8 Å². The molecule has 20 heavy (non-hydrogen) atoms. The van der Waals surface area contributed by atoms with Crippen LogP contribution in [0, 0.1) is 5.92 Å². The zero-order chi connectivity index (χ0) is 13.4. The van der Waals surface area contributed by atoms with E-state index in [1.165, 1.54) is 9.25 Å². The van der Waals surface area contributed by atoms with Crippen molar-refractivity contribution in [3.8, 4) is 5.69 Å². The highest BCUT2D eigenvalue weighted by Crippen LogP contribution is 2.55. The van der Waals surface area contributed by atoms with Crippen LogP contribution in [-0.4, -0.2) is 20.0 Å². The fourth-order valence-corrected chi connectivity index (χ4v) is 4.06. The van der Waals surface area contributed by atoms with Crippen molar-refractivity contribution in [3.63, 3.8) is 0 Å². The molecule has 3 aliphatic rings. The number of hydrogen-bond acceptors (Lipinski definition) is 3. The zero-order valence-electron chi connectivity index (χ0n) is 10.7. The van der Waals surface area contributed by atoms with Gasteiger partial charge in [-0.2, -0.15) is 0 Å². The predicted octanol–water partition coefficient (Wildman–Crippen LogP) is 0.663. The maximum Gasteiger partial charge on any atom is 0.354 e. The predicted molar refractivity (Wildman–Crippen MR) is 70.0 cm³/mol. The number of hydrogen-bond donors (Lipinski definition) is 0. The van der Waals surface area contributed by atoms with Crippen molar-refractivity contribution in [2.75, 3.05) is 0 Å². The third-order valence-corrected chi connectivity index (χ3v) is 4.83. The molecule has 1 saturated carbocycles. The number of benzene rings is 1. The highest BCUT2D eigenvalue weighted by Gasteiger charge is 2.59. The monoisotopic (exact) mass is 271 g/mol. The van der Waals surface area contributed by atoms with Crippen molar-refractivity contribution in [3.05, 3.63) is 51.3 Å². The van der Waals surface area contributed by atoms with Crippen LogP contribution in [0.4, 0.5) is 0 Å². The highest BCUT2D eigenvalue weighted by molar-refractivity contribution is 5.31. The Hall–Kier alpha value is -2.08. The van der Waals surface area contributed by atoms with Gasteiger partial charge in [-0.15, -0.1) is 0 Å². The molecule has 1 saturated heterocycles. The van der Waals surface area contributed by atoms with Gasteiger partial charge < -0.3 is 4.74 Å². The first-order valence-corrected chi connectivity index (χ1v) is 6.94. The van der Waals surface area contributed by atoms with Crippen LogP contribution < -0.4 is 11.4 Å². The van der Waals surface area contributed by atoms with Gasteiger partial charge in [-0.05, 0) is 25.0 Å². The summed E-state index contributed by atoms with van der Waals surface area (Å²) in [6, 6.07) is 9.10. The van der Waals surface area contributed by atoms with Crippen LogP contribution in [0.25, 0.3) is 5.69 Å². The fourth-order valence-electron chi connectivity index (χ4n) is 4.06. The molecule has 6 nitrogen and oxygen atoms in total. The van der Waals surface area contributed by atoms with E-state index in [0.29, 0.717) is 11.6 Å². The van der Waals surface area contributed by atoms with Crippen molar-refractivity contribution < 1.29 is 4.74 Å². The minimum absolute atomic E-state index is 0.0464. The quantitative estimate of drug-likeness (QED) is 0.765. The molecule has 2 aliphatic heterocycles. The third-order valence-electron chi connectivity index (χ3n) is 4.83. The highest BCUT2D eigenvalue weighted by atomic mass is 16.5. The van der Waals surface area contributed by atoms with E-state index in [-0.39, 0.29) is 29.8 Å². The summed E-state index contributed by atoms with van der Waals surface area (Å²) in [4.78, 5) is 25.2. The number of fused-ring (bicyclic) bond motifs is 2. The molecule has 0 unspecified atom stereocenters. The maximum absolute atomic E-state index is 12.6. The van der Waals surface area contributed by atoms with Crippen molar-refractivity contribution >= 4 is 0 Å². The molecule has 0 spiro atoms. The van der Waals surface area contributed by atoms with E-state index in [2.05, 4.69) is 0 Å². The van der Waals surface area contributed by atoms with Crippen molar-refractivity contribution in [2.45, 2.75) is 31.2 Å². The van der Waals surface area contributed by atoms with Gasteiger partial charge in [0.1, 0.15) is 0 Å². The lowest BCUT2D eigenvalue weighted by atomic mass is 10.1. The van der Waals surface area contributed by atoms with Gasteiger partial charge in [-0.1, -0.05) is 18.2 Å². The van der Waals surface area contributed by atoms with Gasteiger partial charge in [0, 0.05) is 5.92 Å². The van der Waals surface area contributed by atoms with Crippen LogP contribution in [0.1, 0.15) is 25.1 Å². The van der Waals surface area contributed by atoms with Gasteiger partial charge in [0.15, 0.2) is 6.23 Å². The minimum atomic E-state index is -0.293. The maximum atomic E-state index is 12.6. The molecular weight excluding hydrogens is 258 g/mol. The smallest absolute Gasteiger partial charge is 0.351 e. The lowest BCUT2D eigenvalue weighted by Gasteiger charge is -2.24. The Bertz CT molecular complexity index is 816. The molecule has 0 radical (unpaired) electrons. The molecule has 1 aromatic heterocycles. The Morgan fingerprint density at radius 2 is 1.75 bits per heavy atom. The van der Waals surface area contributed by atoms with Gasteiger partial charge in [0.25, 0.3) is 0 Å². The van der Waals surface area contributed by atoms with Gasteiger partial charge in [0.05, 0.1) is 17.8 Å². The second-order valence-electron chi connectivity index (χ2n) is 5.72. The van der Waals surface area contributed by atoms with Crippen LogP contribution in [0.2, 0.25) is 0 Å². The normalized spacial score (nSPS) is 32.8. The van der Waals surface area contributed by atoms with Gasteiger partial charge in [-0.25, -0.2) is 23.5 Å². The summed E-state index contributed by atoms with van der Waals surface area (Å²) >= 11 is 0. The summed E-state index contributed by atoms with van der Waals surface area (Å²) in [7, 11) is 0. The molecule has 1 aliphatic carbocycles. The van der Waals surface area contributed by atoms with E-state index in [0.717, 1.165) is 12.8 Å². The van der Waals surface area contributed by atoms with Gasteiger partial charge >= 0.3 is 11.4 Å². The molecule has 0 amide bonds. The fraction of sp³-hybridized carbons (Fsp3) is 0.429. The molecule has 6 heteroatoms. The molecule has 1 aromatic carbocycles. The van der Waals surface area contributed by atoms with E-state index >= 15 is 0 Å². The summed E-state index contributed by atoms with van der Waals surface area (Å²) in [5, 5.41) is 0. The first kappa shape index (κ1) is 10.7. The second-order valence-corrected chi connectivity index (χ2v) is 5.72. The summed E-state index contributed by atoms with van der Waals surface area (Å²) in [5.41, 5.74) is 0.0802. The Balaban J connectivity index is 1.81. The Labute approximate surface area is 113 Å². The summed E-state index contributed by atoms with van der Waals surface area (Å²) < 4.78 is 10.2. The van der Waals surface area contributed by atoms with Crippen LogP contribution in [0.5, 0.6) is 0 Å². The number of rotatable bonds is 1. The first-order chi connectivity index (χ1) is 9.77. The first-order valence-electron chi connectivity index (χ1n) is 6.94. The van der Waals surface area contributed by atoms with E-state index in [4.69, 9.17) is 4.74 Å². The molecule has 102 valence electrons. The van der Waals surface area contributed by atoms with E-state index in [9.17, 15) is 9.59 Å². The second kappa shape index (κ2) is 3.32. The Morgan fingerprint density at radius 3 is 2.55 bits per heavy atom. The molecule has 0 N–H and O–H groups in total. The molecule has 4 bridgehead atoms. The Morgan fingerprint density at radius 1 is 1.00 bits per heavy atom. The number of aromatic nitrogens is 3. The standard InChI is InChI=1S/C14H13N3O3/c18-13-15(8-4-2-1-3-5-8)14(19)17-12-9-6-7-10(20-12)11(9)16(13)17/h1-5,9-12H,6-7H2/t9-,10+,11-,12-/m1/s1. The average molecular weight is 271 g/mol. The molecule has 5 rings (SSSR count). The minimum Gasteiger partial charge on any atom is -0.351 e. The summed E-state index contributed by atoms with van der Waals surface area (Å²) in [5.74, 6) is 0.297. The molecule has 4 atom stereocenters. The molecule has 3 heterocycles. The van der Waals surface area contributed by atoms with Crippen LogP contribution in [0.3, 0.4) is 0 Å². The van der Waals surface area contributed by atoms with Crippen LogP contribution >= 0.6 is 0 Å². The Kier molecular flexibility index (Phi) is 1.77. The summed E-state index contributed by atoms with van der Waals surface area (Å²) in [6.45, 7) is 0. The lowest BCUT2D eigenvalue weighted by Crippen LogP contribution is -2.35. The average Bonchev–Trinajstić information content (AvgIpc) is 3.17. The number of para-hydroxylation sites is 1. The van der Waals surface area contributed by atoms with Gasteiger partial charge in [0.2, 0.25) is 0 Å². The third kappa shape index (κ3) is 1.02. The van der Waals surface area contributed by atoms with E-state index < -0.39 is 0 Å². The number of nitrogens with zero attached hydrogens (tertiary/aromatic N) is 3.